The number of anilines is 1. The van der Waals surface area contributed by atoms with Gasteiger partial charge in [0.05, 0.1) is 22.7 Å². The van der Waals surface area contributed by atoms with Crippen LogP contribution in [0.5, 0.6) is 0 Å². The molecule has 1 N–H and O–H groups in total. The number of carbonyl (C=O) groups is 2. The van der Waals surface area contributed by atoms with E-state index in [1.54, 1.807) is 27.8 Å². The second kappa shape index (κ2) is 12.2. The minimum absolute atomic E-state index is 0.0462. The lowest BCUT2D eigenvalue weighted by molar-refractivity contribution is -0.137. The quantitative estimate of drug-likeness (QED) is 0.155. The van der Waals surface area contributed by atoms with Crippen molar-refractivity contribution in [2.75, 3.05) is 31.5 Å². The number of alkyl halides is 3. The Morgan fingerprint density at radius 3 is 2.29 bits per heavy atom. The Kier molecular flexibility index (Phi) is 7.93. The maximum Gasteiger partial charge on any atom is 0.416 e. The Morgan fingerprint density at radius 2 is 1.62 bits per heavy atom. The van der Waals surface area contributed by atoms with E-state index in [1.165, 1.54) is 17.0 Å². The summed E-state index contributed by atoms with van der Waals surface area (Å²) in [7, 11) is 0. The number of halogens is 4. The molecule has 0 radical (unpaired) electrons. The summed E-state index contributed by atoms with van der Waals surface area (Å²) in [6.45, 7) is 4.42. The van der Waals surface area contributed by atoms with E-state index in [2.05, 4.69) is 17.1 Å². The zero-order valence-electron chi connectivity index (χ0n) is 25.5. The van der Waals surface area contributed by atoms with Gasteiger partial charge in [-0.2, -0.15) is 23.3 Å². The van der Waals surface area contributed by atoms with Crippen LogP contribution in [0.4, 0.5) is 28.0 Å². The van der Waals surface area contributed by atoms with Crippen molar-refractivity contribution in [3.05, 3.63) is 96.6 Å². The Morgan fingerprint density at radius 1 is 0.917 bits per heavy atom. The van der Waals surface area contributed by atoms with E-state index in [4.69, 9.17) is 14.6 Å². The molecular formula is C34H29F4N7O3. The Bertz CT molecular complexity index is 1990. The van der Waals surface area contributed by atoms with Gasteiger partial charge < -0.3 is 19.6 Å². The van der Waals surface area contributed by atoms with Gasteiger partial charge in [0, 0.05) is 48.7 Å². The predicted molar refractivity (Wildman–Crippen MR) is 168 cm³/mol. The number of likely N-dealkylation sites (tertiary alicyclic amines) is 2. The number of nitrogens with one attached hydrogen (secondary N) is 1. The molecule has 0 atom stereocenters. The lowest BCUT2D eigenvalue weighted by Crippen LogP contribution is -2.51. The molecule has 0 aliphatic carbocycles. The van der Waals surface area contributed by atoms with E-state index < -0.39 is 23.5 Å². The van der Waals surface area contributed by atoms with Crippen LogP contribution in [0, 0.1) is 0 Å². The van der Waals surface area contributed by atoms with E-state index in [0.717, 1.165) is 17.8 Å². The van der Waals surface area contributed by atoms with Crippen LogP contribution in [0.2, 0.25) is 0 Å². The number of para-hydroxylation sites is 2. The number of hydrogen-bond acceptors (Lipinski definition) is 6. The molecule has 2 saturated heterocycles. The van der Waals surface area contributed by atoms with E-state index in [1.807, 2.05) is 30.3 Å². The van der Waals surface area contributed by atoms with E-state index in [9.17, 15) is 27.2 Å². The molecule has 2 aromatic heterocycles. The molecule has 2 fully saturated rings. The molecule has 246 valence electrons. The molecule has 5 aromatic rings. The molecule has 14 heteroatoms. The summed E-state index contributed by atoms with van der Waals surface area (Å²) in [5, 5.41) is 12.6. The summed E-state index contributed by atoms with van der Waals surface area (Å²) in [4.78, 5) is 32.7. The fraction of sp³-hybridized carbons (Fsp3) is 0.265. The molecule has 0 unspecified atom stereocenters. The van der Waals surface area contributed by atoms with E-state index in [-0.39, 0.29) is 37.0 Å². The Labute approximate surface area is 271 Å². The van der Waals surface area contributed by atoms with Crippen LogP contribution in [0.1, 0.15) is 36.2 Å². The second-order valence-corrected chi connectivity index (χ2v) is 11.9. The number of urea groups is 1. The normalized spacial score (nSPS) is 15.8. The highest BCUT2D eigenvalue weighted by atomic mass is 19.4. The van der Waals surface area contributed by atoms with Gasteiger partial charge in [0.2, 0.25) is 0 Å². The summed E-state index contributed by atoms with van der Waals surface area (Å²) in [6, 6.07) is 18.8. The first-order valence-electron chi connectivity index (χ1n) is 15.3. The van der Waals surface area contributed by atoms with Gasteiger partial charge in [0.1, 0.15) is 5.69 Å². The molecule has 48 heavy (non-hydrogen) atoms. The standard InChI is InChI=1S/C34H29F4N7O3/c1-20(35)32(46)44-18-25(19-44)45-29-26(28(41-45)21-10-12-23(13-11-21)34(36,37)38)8-5-9-27(29)31-40-30(42-48-31)22-14-16-43(17-15-22)33(47)39-24-6-3-2-4-7-24/h2-13,22,25H,1,14-19H2,(H,39,47). The zero-order valence-corrected chi connectivity index (χ0v) is 25.5. The van der Waals surface area contributed by atoms with Gasteiger partial charge in [-0.15, -0.1) is 0 Å². The molecule has 3 amide bonds. The largest absolute Gasteiger partial charge is 0.416 e. The minimum atomic E-state index is -4.49. The predicted octanol–water partition coefficient (Wildman–Crippen LogP) is 7.05. The molecule has 4 heterocycles. The molecule has 0 spiro atoms. The average molecular weight is 660 g/mol. The molecule has 0 bridgehead atoms. The summed E-state index contributed by atoms with van der Waals surface area (Å²) in [5.74, 6) is -1.19. The number of carbonyl (C=O) groups excluding carboxylic acids is 2. The fourth-order valence-electron chi connectivity index (χ4n) is 6.18. The SMILES string of the molecule is C=C(F)C(=O)N1CC(n2nc(-c3ccc(C(F)(F)F)cc3)c3cccc(-c4nc(C5CCN(C(=O)Nc6ccccc6)CC5)no4)c32)C1. The van der Waals surface area contributed by atoms with Crippen molar-refractivity contribution in [3.8, 4) is 22.7 Å². The zero-order chi connectivity index (χ0) is 33.6. The second-order valence-electron chi connectivity index (χ2n) is 11.9. The number of nitrogens with zero attached hydrogens (tertiary/aromatic N) is 6. The van der Waals surface area contributed by atoms with Crippen LogP contribution in [0.25, 0.3) is 33.6 Å². The minimum Gasteiger partial charge on any atom is -0.334 e. The highest BCUT2D eigenvalue weighted by molar-refractivity contribution is 6.01. The summed E-state index contributed by atoms with van der Waals surface area (Å²) >= 11 is 0. The number of amides is 3. The number of fused-ring (bicyclic) bond motifs is 1. The van der Waals surface area contributed by atoms with E-state index >= 15 is 0 Å². The monoisotopic (exact) mass is 659 g/mol. The van der Waals surface area contributed by atoms with Crippen molar-refractivity contribution < 1.29 is 31.7 Å². The molecule has 0 saturated carbocycles. The van der Waals surface area contributed by atoms with E-state index in [0.29, 0.717) is 59.5 Å². The molecular weight excluding hydrogens is 630 g/mol. The van der Waals surface area contributed by atoms with Crippen molar-refractivity contribution in [3.63, 3.8) is 0 Å². The van der Waals surface area contributed by atoms with Crippen molar-refractivity contribution in [2.24, 2.45) is 0 Å². The maximum absolute atomic E-state index is 13.5. The first-order valence-corrected chi connectivity index (χ1v) is 15.3. The van der Waals surface area contributed by atoms with Gasteiger partial charge in [-0.1, -0.05) is 54.2 Å². The van der Waals surface area contributed by atoms with Crippen LogP contribution in [-0.2, 0) is 11.0 Å². The average Bonchev–Trinajstić information content (AvgIpc) is 3.70. The highest BCUT2D eigenvalue weighted by Gasteiger charge is 2.37. The van der Waals surface area contributed by atoms with Crippen LogP contribution in [0.15, 0.2) is 89.7 Å². The van der Waals surface area contributed by atoms with Crippen LogP contribution in [0.3, 0.4) is 0 Å². The van der Waals surface area contributed by atoms with Gasteiger partial charge in [-0.3, -0.25) is 9.48 Å². The Hall–Kier alpha value is -5.53. The molecule has 3 aromatic carbocycles. The van der Waals surface area contributed by atoms with Gasteiger partial charge in [-0.25, -0.2) is 9.18 Å². The Balaban J connectivity index is 1.17. The summed E-state index contributed by atoms with van der Waals surface area (Å²) < 4.78 is 60.8. The molecule has 2 aliphatic rings. The van der Waals surface area contributed by atoms with Crippen LogP contribution < -0.4 is 5.32 Å². The topological polar surface area (TPSA) is 109 Å². The summed E-state index contributed by atoms with van der Waals surface area (Å²) in [5.41, 5.74) is 1.97. The lowest BCUT2D eigenvalue weighted by Gasteiger charge is -2.39. The molecule has 7 rings (SSSR count). The number of benzene rings is 3. The highest BCUT2D eigenvalue weighted by Crippen LogP contribution is 2.39. The van der Waals surface area contributed by atoms with Crippen molar-refractivity contribution >= 4 is 28.5 Å². The third kappa shape index (κ3) is 5.89. The third-order valence-corrected chi connectivity index (χ3v) is 8.79. The number of piperidine rings is 1. The van der Waals surface area contributed by atoms with Crippen molar-refractivity contribution in [2.45, 2.75) is 31.0 Å². The summed E-state index contributed by atoms with van der Waals surface area (Å²) in [6.07, 6.45) is -3.23. The van der Waals surface area contributed by atoms with Gasteiger partial charge in [0.25, 0.3) is 11.8 Å². The van der Waals surface area contributed by atoms with Gasteiger partial charge in [-0.05, 0) is 43.2 Å². The molecule has 10 nitrogen and oxygen atoms in total. The van der Waals surface area contributed by atoms with Crippen LogP contribution >= 0.6 is 0 Å². The number of rotatable bonds is 6. The third-order valence-electron chi connectivity index (χ3n) is 8.79. The number of hydrogen-bond donors (Lipinski definition) is 1. The lowest BCUT2D eigenvalue weighted by atomic mass is 9.96. The first kappa shape index (κ1) is 31.1. The van der Waals surface area contributed by atoms with Gasteiger partial charge >= 0.3 is 12.2 Å². The first-order chi connectivity index (χ1) is 23.1. The van der Waals surface area contributed by atoms with Crippen molar-refractivity contribution in [1.29, 1.82) is 0 Å². The fourth-order valence-corrected chi connectivity index (χ4v) is 6.18. The number of aromatic nitrogens is 4. The maximum atomic E-state index is 13.5. The van der Waals surface area contributed by atoms with Gasteiger partial charge in [0.15, 0.2) is 11.7 Å². The smallest absolute Gasteiger partial charge is 0.334 e. The molecule has 2 aliphatic heterocycles. The van der Waals surface area contributed by atoms with Crippen molar-refractivity contribution in [1.82, 2.24) is 29.7 Å². The van der Waals surface area contributed by atoms with Crippen LogP contribution in [-0.4, -0.2) is 67.8 Å².